The number of amides is 8. The van der Waals surface area contributed by atoms with Crippen molar-refractivity contribution in [1.29, 1.82) is 0 Å². The Bertz CT molecular complexity index is 2780. The van der Waals surface area contributed by atoms with Crippen LogP contribution in [0.2, 0.25) is 0 Å². The quantitative estimate of drug-likeness (QED) is 0.0291. The van der Waals surface area contributed by atoms with Gasteiger partial charge in [0.15, 0.2) is 28.1 Å². The lowest BCUT2D eigenvalue weighted by atomic mass is 9.96. The van der Waals surface area contributed by atoms with Crippen molar-refractivity contribution in [2.24, 2.45) is 11.8 Å². The maximum atomic E-state index is 13.9. The molecule has 33 nitrogen and oxygen atoms in total. The highest BCUT2D eigenvalue weighted by molar-refractivity contribution is 6.53. The van der Waals surface area contributed by atoms with Crippen LogP contribution in [0.3, 0.4) is 0 Å². The third kappa shape index (κ3) is 27.5. The highest BCUT2D eigenvalue weighted by Gasteiger charge is 2.43. The maximum absolute atomic E-state index is 13.9. The molecule has 2 aromatic rings. The molecular formula is C55H68Cl2N8O25. The maximum Gasteiger partial charge on any atom is 0.408 e. The topological polar surface area (TPSA) is 526 Å². The number of benzene rings is 2. The molecule has 0 aromatic heterocycles. The number of alkyl halides is 2. The number of aliphatic carboxylic acids is 6. The van der Waals surface area contributed by atoms with E-state index in [1.807, 2.05) is 21.3 Å². The second-order valence-electron chi connectivity index (χ2n) is 20.4. The number of nitrogens with one attached hydrogen (secondary N) is 8. The molecule has 2 unspecified atom stereocenters. The zero-order valence-electron chi connectivity index (χ0n) is 48.5. The molecule has 14 N–H and O–H groups in total. The largest absolute Gasteiger partial charge is 0.481 e. The molecule has 2 aromatic carbocycles. The molecule has 2 rings (SSSR count). The molecule has 10 atom stereocenters. The Balaban J connectivity index is 2.34. The Morgan fingerprint density at radius 1 is 0.356 bits per heavy atom. The number of carboxylic acids is 6. The average molecular weight is 1310 g/mol. The van der Waals surface area contributed by atoms with E-state index in [9.17, 15) is 112 Å². The van der Waals surface area contributed by atoms with E-state index in [1.165, 1.54) is 27.7 Å². The first-order chi connectivity index (χ1) is 42.1. The molecule has 90 heavy (non-hydrogen) atoms. The lowest BCUT2D eigenvalue weighted by molar-refractivity contribution is -0.143. The number of carbonyl (C=O) groups is 17. The molecule has 0 saturated carbocycles. The summed E-state index contributed by atoms with van der Waals surface area (Å²) in [6.45, 7) is 4.63. The molecule has 8 amide bonds. The number of Topliss-reactive ketones (excluding diaryl/α,β-unsaturated/α-hetero) is 3. The fourth-order valence-corrected chi connectivity index (χ4v) is 8.48. The summed E-state index contributed by atoms with van der Waals surface area (Å²) in [7, 11) is 0. The summed E-state index contributed by atoms with van der Waals surface area (Å²) in [4.78, 5) is 219. The van der Waals surface area contributed by atoms with E-state index in [-0.39, 0.29) is 13.2 Å². The Hall–Kier alpha value is -9.79. The number of rotatable bonds is 40. The highest BCUT2D eigenvalue weighted by Crippen LogP contribution is 2.18. The van der Waals surface area contributed by atoms with Gasteiger partial charge in [-0.25, -0.2) is 9.59 Å². The number of alkyl carbamates (subject to hydrolysis) is 2. The van der Waals surface area contributed by atoms with E-state index < -0.39 is 223 Å². The summed E-state index contributed by atoms with van der Waals surface area (Å²) in [5.41, 5.74) is 1.02. The number of carbonyl (C=O) groups excluding carboxylic acids is 11. The van der Waals surface area contributed by atoms with Gasteiger partial charge in [0.2, 0.25) is 35.4 Å². The van der Waals surface area contributed by atoms with E-state index in [0.717, 1.165) is 0 Å². The Morgan fingerprint density at radius 2 is 0.633 bits per heavy atom. The molecule has 0 fully saturated rings. The predicted molar refractivity (Wildman–Crippen MR) is 305 cm³/mol. The summed E-state index contributed by atoms with van der Waals surface area (Å²) >= 11 is 12.4. The van der Waals surface area contributed by atoms with E-state index in [0.29, 0.717) is 11.1 Å². The molecule has 0 bridgehead atoms. The van der Waals surface area contributed by atoms with Gasteiger partial charge in [0, 0.05) is 12.8 Å². The second-order valence-corrected chi connectivity index (χ2v) is 21.3. The normalized spacial score (nSPS) is 14.2. The SMILES string of the molecule is CC(C)[C@H](NC(=O)[C@H](CCC(=O)O)NC(=O)[C@H](CC(=O)O)NC(=O)OCc1ccccc1)C(=O)N[C@@H](CC(=O)O)C(=O)C(Cl)C(=O)C(Cl)C(=O)[C@H](CC(=O)O)NC(=O)[C@@H](NC(=O)[C@H](CCC(=O)O)NC(=O)[C@H](CC(=O)O)NC(=O)OCc1ccccc1)C(C)C. The molecule has 0 saturated heterocycles. The van der Waals surface area contributed by atoms with E-state index >= 15 is 0 Å². The van der Waals surface area contributed by atoms with Crippen molar-refractivity contribution >= 4 is 124 Å². The molecule has 0 spiro atoms. The summed E-state index contributed by atoms with van der Waals surface area (Å²) in [5.74, 6) is -25.0. The molecule has 0 radical (unpaired) electrons. The van der Waals surface area contributed by atoms with Gasteiger partial charge in [-0.2, -0.15) is 0 Å². The zero-order chi connectivity index (χ0) is 68.1. The number of ether oxygens (including phenoxy) is 2. The van der Waals surface area contributed by atoms with Crippen LogP contribution < -0.4 is 42.5 Å². The van der Waals surface area contributed by atoms with E-state index in [4.69, 9.17) is 32.7 Å². The van der Waals surface area contributed by atoms with Crippen LogP contribution in [0.15, 0.2) is 60.7 Å². The Labute approximate surface area is 521 Å². The first-order valence-electron chi connectivity index (χ1n) is 27.1. The van der Waals surface area contributed by atoms with Gasteiger partial charge in [0.05, 0.1) is 25.7 Å². The molecule has 0 aliphatic heterocycles. The monoisotopic (exact) mass is 1310 g/mol. The zero-order valence-corrected chi connectivity index (χ0v) is 50.0. The van der Waals surface area contributed by atoms with Crippen molar-refractivity contribution < 1.29 is 122 Å². The van der Waals surface area contributed by atoms with Crippen molar-refractivity contribution in [3.63, 3.8) is 0 Å². The molecule has 0 heterocycles. The third-order valence-electron chi connectivity index (χ3n) is 12.5. The fourth-order valence-electron chi connectivity index (χ4n) is 7.86. The fraction of sp³-hybridized carbons (Fsp3) is 0.473. The third-order valence-corrected chi connectivity index (χ3v) is 13.4. The summed E-state index contributed by atoms with van der Waals surface area (Å²) < 4.78 is 10.1. The molecule has 0 aliphatic carbocycles. The van der Waals surface area contributed by atoms with Gasteiger partial charge in [-0.3, -0.25) is 71.9 Å². The lowest BCUT2D eigenvalue weighted by Gasteiger charge is -2.28. The minimum Gasteiger partial charge on any atom is -0.481 e. The highest BCUT2D eigenvalue weighted by atomic mass is 35.5. The minimum atomic E-state index is -2.65. The van der Waals surface area contributed by atoms with Gasteiger partial charge in [-0.15, -0.1) is 23.2 Å². The molecule has 35 heteroatoms. The summed E-state index contributed by atoms with van der Waals surface area (Å²) in [6, 6.07) is 0.340. The Kier molecular flexibility index (Phi) is 32.1. The smallest absolute Gasteiger partial charge is 0.408 e. The van der Waals surface area contributed by atoms with Crippen molar-refractivity contribution in [3.8, 4) is 0 Å². The average Bonchev–Trinajstić information content (AvgIpc) is 1.32. The number of carboxylic acid groups (broad SMARTS) is 6. The van der Waals surface area contributed by atoms with Crippen LogP contribution in [-0.2, 0) is 94.6 Å². The van der Waals surface area contributed by atoms with Crippen LogP contribution >= 0.6 is 23.2 Å². The first-order valence-corrected chi connectivity index (χ1v) is 28.0. The van der Waals surface area contributed by atoms with Crippen molar-refractivity contribution in [1.82, 2.24) is 42.5 Å². The summed E-state index contributed by atoms with van der Waals surface area (Å²) in [5, 5.41) is 68.7. The molecule has 0 aliphatic rings. The number of ketones is 3. The summed E-state index contributed by atoms with van der Waals surface area (Å²) in [6.07, 6.45) is -10.5. The van der Waals surface area contributed by atoms with E-state index in [1.54, 1.807) is 60.7 Å². The Morgan fingerprint density at radius 3 is 0.911 bits per heavy atom. The molecule has 492 valence electrons. The van der Waals surface area contributed by atoms with Gasteiger partial charge >= 0.3 is 48.0 Å². The van der Waals surface area contributed by atoms with Gasteiger partial charge in [-0.1, -0.05) is 88.4 Å². The van der Waals surface area contributed by atoms with Gasteiger partial charge in [0.25, 0.3) is 0 Å². The van der Waals surface area contributed by atoms with Crippen LogP contribution in [0, 0.1) is 11.8 Å². The number of hydrogen-bond acceptors (Lipinski definition) is 19. The predicted octanol–water partition coefficient (Wildman–Crippen LogP) is -0.652. The minimum absolute atomic E-state index is 0.315. The van der Waals surface area contributed by atoms with Gasteiger partial charge in [-0.05, 0) is 35.8 Å². The second kappa shape index (κ2) is 37.8. The standard InChI is InChI=1S/C55H68Cl2N8O25/c1-25(2)43(64-48(81)29(15-17-35(66)67)58-50(83)33(21-39(74)75)62-54(87)89-23-27-11-7-5-8-12-27)52(85)60-31(19-37(70)71)45(78)41(56)47(80)42(57)46(79)32(20-38(72)73)61-53(86)44(26(3)4)65-49(82)30(16-18-36(68)69)59-51(84)34(22-40(76)77)63-55(88)90-24-28-13-9-6-10-14-28/h5-14,25-26,29-34,41-44H,15-24H2,1-4H3,(H,58,83)(H,59,84)(H,60,85)(H,61,86)(H,62,87)(H,63,88)(H,64,81)(H,65,82)(H,66,67)(H,68,69)(H,70,71)(H,72,73)(H,74,75)(H,76,77)/t29-,30-,31-,32-,33-,34-,41?,42?,43-,44-/m0/s1. The molecular weight excluding hydrogens is 1240 g/mol. The van der Waals surface area contributed by atoms with Crippen molar-refractivity contribution in [3.05, 3.63) is 71.8 Å². The van der Waals surface area contributed by atoms with Crippen LogP contribution in [0.5, 0.6) is 0 Å². The van der Waals surface area contributed by atoms with Crippen LogP contribution in [0.1, 0.15) is 90.2 Å². The van der Waals surface area contributed by atoms with Crippen LogP contribution in [0.25, 0.3) is 0 Å². The number of halogens is 2. The van der Waals surface area contributed by atoms with Gasteiger partial charge < -0.3 is 82.6 Å². The van der Waals surface area contributed by atoms with Crippen molar-refractivity contribution in [2.45, 2.75) is 151 Å². The van der Waals surface area contributed by atoms with Crippen LogP contribution in [0.4, 0.5) is 9.59 Å². The lowest BCUT2D eigenvalue weighted by Crippen LogP contribution is -2.60. The van der Waals surface area contributed by atoms with Crippen LogP contribution in [-0.4, -0.2) is 191 Å². The van der Waals surface area contributed by atoms with Gasteiger partial charge in [0.1, 0.15) is 61.5 Å². The first kappa shape index (κ1) is 76.3. The number of hydrogen-bond donors (Lipinski definition) is 14. The van der Waals surface area contributed by atoms with E-state index in [2.05, 4.69) is 21.3 Å². The van der Waals surface area contributed by atoms with Crippen molar-refractivity contribution in [2.75, 3.05) is 0 Å².